The van der Waals surface area contributed by atoms with Crippen molar-refractivity contribution in [2.75, 3.05) is 5.32 Å². The van der Waals surface area contributed by atoms with E-state index in [2.05, 4.69) is 21.4 Å². The smallest absolute Gasteiger partial charge is 0.246 e. The highest BCUT2D eigenvalue weighted by molar-refractivity contribution is 5.97. The molecule has 6 heteroatoms. The Kier molecular flexibility index (Phi) is 2.66. The fourth-order valence-corrected chi connectivity index (χ4v) is 2.88. The predicted octanol–water partition coefficient (Wildman–Crippen LogP) is 2.11. The number of hydrogen-bond donors (Lipinski definition) is 1. The standard InChI is InChI=1S/C16H11N5O/c17-9-10-14(12-6-3-4-8-18-12)21-13-7-2-1-5-11(13)19-16(21)20-15(10)22/h1-8,10,14H,(H,19,20,22)/t10-,14-/m1/s1. The fourth-order valence-electron chi connectivity index (χ4n) is 2.88. The van der Waals surface area contributed by atoms with Crippen molar-refractivity contribution in [2.24, 2.45) is 5.92 Å². The Morgan fingerprint density at radius 2 is 2.00 bits per heavy atom. The zero-order chi connectivity index (χ0) is 15.1. The van der Waals surface area contributed by atoms with Crippen LogP contribution in [0.25, 0.3) is 11.0 Å². The summed E-state index contributed by atoms with van der Waals surface area (Å²) in [5.41, 5.74) is 2.32. The van der Waals surface area contributed by atoms with Crippen molar-refractivity contribution in [3.05, 3.63) is 54.4 Å². The number of carbonyl (C=O) groups excluding carboxylic acids is 1. The first-order valence-corrected chi connectivity index (χ1v) is 6.88. The highest BCUT2D eigenvalue weighted by Gasteiger charge is 2.39. The van der Waals surface area contributed by atoms with Gasteiger partial charge in [0, 0.05) is 6.20 Å². The summed E-state index contributed by atoms with van der Waals surface area (Å²) >= 11 is 0. The summed E-state index contributed by atoms with van der Waals surface area (Å²) in [6.45, 7) is 0. The Hall–Kier alpha value is -3.20. The maximum absolute atomic E-state index is 12.2. The second-order valence-corrected chi connectivity index (χ2v) is 5.09. The highest BCUT2D eigenvalue weighted by atomic mass is 16.2. The van der Waals surface area contributed by atoms with E-state index >= 15 is 0 Å². The number of nitriles is 1. The number of nitrogens with zero attached hydrogens (tertiary/aromatic N) is 4. The van der Waals surface area contributed by atoms with Crippen LogP contribution in [-0.4, -0.2) is 20.4 Å². The van der Waals surface area contributed by atoms with Gasteiger partial charge in [-0.3, -0.25) is 19.7 Å². The zero-order valence-corrected chi connectivity index (χ0v) is 11.5. The molecule has 0 radical (unpaired) electrons. The van der Waals surface area contributed by atoms with E-state index in [1.807, 2.05) is 41.0 Å². The van der Waals surface area contributed by atoms with Gasteiger partial charge in [-0.25, -0.2) is 4.98 Å². The lowest BCUT2D eigenvalue weighted by Gasteiger charge is -2.29. The number of carbonyl (C=O) groups is 1. The number of amides is 1. The Balaban J connectivity index is 2.03. The predicted molar refractivity (Wildman–Crippen MR) is 79.8 cm³/mol. The Morgan fingerprint density at radius 1 is 1.18 bits per heavy atom. The molecule has 2 atom stereocenters. The first kappa shape index (κ1) is 12.5. The van der Waals surface area contributed by atoms with E-state index in [1.165, 1.54) is 0 Å². The molecule has 0 saturated carbocycles. The van der Waals surface area contributed by atoms with Crippen molar-refractivity contribution < 1.29 is 4.79 Å². The van der Waals surface area contributed by atoms with Gasteiger partial charge in [0.05, 0.1) is 22.8 Å². The minimum absolute atomic E-state index is 0.346. The largest absolute Gasteiger partial charge is 0.299 e. The van der Waals surface area contributed by atoms with Crippen LogP contribution in [0.2, 0.25) is 0 Å². The second-order valence-electron chi connectivity index (χ2n) is 5.09. The van der Waals surface area contributed by atoms with Crippen molar-refractivity contribution in [1.29, 1.82) is 5.26 Å². The monoisotopic (exact) mass is 289 g/mol. The van der Waals surface area contributed by atoms with Crippen molar-refractivity contribution in [3.63, 3.8) is 0 Å². The number of para-hydroxylation sites is 2. The summed E-state index contributed by atoms with van der Waals surface area (Å²) in [7, 11) is 0. The summed E-state index contributed by atoms with van der Waals surface area (Å²) in [4.78, 5) is 21.0. The van der Waals surface area contributed by atoms with E-state index in [0.29, 0.717) is 11.6 Å². The second kappa shape index (κ2) is 4.67. The Morgan fingerprint density at radius 3 is 2.77 bits per heavy atom. The van der Waals surface area contributed by atoms with Crippen LogP contribution in [0, 0.1) is 17.2 Å². The number of pyridine rings is 1. The Bertz CT molecular complexity index is 909. The van der Waals surface area contributed by atoms with Crippen LogP contribution >= 0.6 is 0 Å². The number of nitrogens with one attached hydrogen (secondary N) is 1. The summed E-state index contributed by atoms with van der Waals surface area (Å²) in [5, 5.41) is 12.2. The van der Waals surface area contributed by atoms with Gasteiger partial charge < -0.3 is 0 Å². The van der Waals surface area contributed by atoms with Gasteiger partial charge in [-0.2, -0.15) is 5.26 Å². The molecule has 0 aliphatic carbocycles. The van der Waals surface area contributed by atoms with Gasteiger partial charge in [-0.15, -0.1) is 0 Å². The molecule has 0 bridgehead atoms. The number of anilines is 1. The minimum Gasteiger partial charge on any atom is -0.299 e. The maximum Gasteiger partial charge on any atom is 0.246 e. The third kappa shape index (κ3) is 1.69. The summed E-state index contributed by atoms with van der Waals surface area (Å²) in [5.74, 6) is -0.741. The molecule has 0 spiro atoms. The topological polar surface area (TPSA) is 83.6 Å². The van der Waals surface area contributed by atoms with Crippen molar-refractivity contribution in [2.45, 2.75) is 6.04 Å². The SMILES string of the molecule is N#C[C@H]1C(=O)Nc2nc3ccccc3n2[C@H]1c1ccccn1. The summed E-state index contributed by atoms with van der Waals surface area (Å²) < 4.78 is 1.88. The average molecular weight is 289 g/mol. The van der Waals surface area contributed by atoms with Crippen molar-refractivity contribution in [1.82, 2.24) is 14.5 Å². The molecule has 22 heavy (non-hydrogen) atoms. The van der Waals surface area contributed by atoms with E-state index in [-0.39, 0.29) is 5.91 Å². The van der Waals surface area contributed by atoms with Crippen LogP contribution in [0.5, 0.6) is 0 Å². The summed E-state index contributed by atoms with van der Waals surface area (Å²) in [6, 6.07) is 14.7. The van der Waals surface area contributed by atoms with Crippen LogP contribution in [0.15, 0.2) is 48.7 Å². The number of aromatic nitrogens is 3. The average Bonchev–Trinajstić information content (AvgIpc) is 2.92. The lowest BCUT2D eigenvalue weighted by atomic mass is 9.94. The molecule has 6 nitrogen and oxygen atoms in total. The molecule has 1 aromatic carbocycles. The fraction of sp³-hybridized carbons (Fsp3) is 0.125. The van der Waals surface area contributed by atoms with E-state index in [0.717, 1.165) is 11.0 Å². The number of hydrogen-bond acceptors (Lipinski definition) is 4. The van der Waals surface area contributed by atoms with Gasteiger partial charge in [-0.1, -0.05) is 18.2 Å². The van der Waals surface area contributed by atoms with E-state index < -0.39 is 12.0 Å². The lowest BCUT2D eigenvalue weighted by Crippen LogP contribution is -2.37. The van der Waals surface area contributed by atoms with Crippen LogP contribution < -0.4 is 5.32 Å². The molecule has 3 heterocycles. The van der Waals surface area contributed by atoms with Crippen LogP contribution in [-0.2, 0) is 4.79 Å². The van der Waals surface area contributed by atoms with Crippen molar-refractivity contribution in [3.8, 4) is 6.07 Å². The molecule has 4 rings (SSSR count). The van der Waals surface area contributed by atoms with Gasteiger partial charge in [0.2, 0.25) is 11.9 Å². The van der Waals surface area contributed by atoms with Crippen LogP contribution in [0.3, 0.4) is 0 Å². The number of benzene rings is 1. The Labute approximate surface area is 126 Å². The van der Waals surface area contributed by atoms with Crippen LogP contribution in [0.1, 0.15) is 11.7 Å². The van der Waals surface area contributed by atoms with Gasteiger partial charge in [-0.05, 0) is 24.3 Å². The first-order chi connectivity index (χ1) is 10.8. The summed E-state index contributed by atoms with van der Waals surface area (Å²) in [6.07, 6.45) is 1.66. The number of fused-ring (bicyclic) bond motifs is 3. The van der Waals surface area contributed by atoms with Crippen molar-refractivity contribution >= 4 is 22.9 Å². The number of imidazole rings is 1. The van der Waals surface area contributed by atoms with Crippen LogP contribution in [0.4, 0.5) is 5.95 Å². The number of rotatable bonds is 1. The highest BCUT2D eigenvalue weighted by Crippen LogP contribution is 2.36. The third-order valence-electron chi connectivity index (χ3n) is 3.84. The van der Waals surface area contributed by atoms with Gasteiger partial charge in [0.15, 0.2) is 5.92 Å². The van der Waals surface area contributed by atoms with Gasteiger partial charge >= 0.3 is 0 Å². The molecule has 1 aliphatic heterocycles. The molecular formula is C16H11N5O. The zero-order valence-electron chi connectivity index (χ0n) is 11.5. The first-order valence-electron chi connectivity index (χ1n) is 6.88. The van der Waals surface area contributed by atoms with E-state index in [4.69, 9.17) is 0 Å². The molecule has 0 unspecified atom stereocenters. The van der Waals surface area contributed by atoms with E-state index in [1.54, 1.807) is 12.3 Å². The molecule has 1 N–H and O–H groups in total. The molecule has 1 aliphatic rings. The normalized spacial score (nSPS) is 20.2. The lowest BCUT2D eigenvalue weighted by molar-refractivity contribution is -0.119. The van der Waals surface area contributed by atoms with Gasteiger partial charge in [0.25, 0.3) is 0 Å². The maximum atomic E-state index is 12.2. The molecular weight excluding hydrogens is 278 g/mol. The molecule has 1 amide bonds. The molecule has 2 aromatic heterocycles. The van der Waals surface area contributed by atoms with E-state index in [9.17, 15) is 10.1 Å². The molecule has 0 saturated heterocycles. The minimum atomic E-state index is -0.847. The molecule has 106 valence electrons. The molecule has 3 aromatic rings. The molecule has 0 fully saturated rings. The quantitative estimate of drug-likeness (QED) is 0.743. The van der Waals surface area contributed by atoms with Gasteiger partial charge in [0.1, 0.15) is 6.04 Å². The third-order valence-corrected chi connectivity index (χ3v) is 3.84.